The average Bonchev–Trinajstić information content (AvgIpc) is 3.31. The van der Waals surface area contributed by atoms with Gasteiger partial charge in [0.1, 0.15) is 0 Å². The minimum absolute atomic E-state index is 0.000403. The molecule has 1 heterocycles. The van der Waals surface area contributed by atoms with E-state index in [0.717, 1.165) is 37.1 Å². The third-order valence-electron chi connectivity index (χ3n) is 7.20. The van der Waals surface area contributed by atoms with Crippen LogP contribution in [0.1, 0.15) is 51.2 Å². The third-order valence-corrected chi connectivity index (χ3v) is 7.20. The molecule has 0 saturated carbocycles. The number of anilines is 2. The predicted octanol–water partition coefficient (Wildman–Crippen LogP) is 4.33. The minimum atomic E-state index is -0.948. The maximum Gasteiger partial charge on any atom is 0.331 e. The normalized spacial score (nSPS) is 21.3. The van der Waals surface area contributed by atoms with Gasteiger partial charge < -0.3 is 25.4 Å². The summed E-state index contributed by atoms with van der Waals surface area (Å²) in [6.45, 7) is 7.11. The van der Waals surface area contributed by atoms with E-state index in [2.05, 4.69) is 64.1 Å². The lowest BCUT2D eigenvalue weighted by molar-refractivity contribution is -0.133. The van der Waals surface area contributed by atoms with Crippen LogP contribution in [0, 0.1) is 0 Å². The van der Waals surface area contributed by atoms with Crippen molar-refractivity contribution < 1.29 is 19.4 Å². The van der Waals surface area contributed by atoms with Crippen LogP contribution in [-0.4, -0.2) is 47.8 Å². The Hall–Kier alpha value is -3.16. The molecule has 3 atom stereocenters. The highest BCUT2D eigenvalue weighted by Crippen LogP contribution is 2.34. The summed E-state index contributed by atoms with van der Waals surface area (Å²) in [5, 5.41) is 16.3. The molecule has 2 aromatic carbocycles. The van der Waals surface area contributed by atoms with Crippen molar-refractivity contribution in [2.75, 3.05) is 11.4 Å². The SMILES string of the molecule is CCC(CC)O[C@@H]1C=C(C(=O)O)C[C@H](NCc2ccc(N3CCc4ccccc43)cc2)[C@H]1NC(C)=O. The molecule has 4 rings (SSSR count). The topological polar surface area (TPSA) is 90.9 Å². The van der Waals surface area contributed by atoms with E-state index in [1.807, 2.05) is 13.8 Å². The van der Waals surface area contributed by atoms with E-state index in [1.54, 1.807) is 6.08 Å². The van der Waals surface area contributed by atoms with Crippen LogP contribution in [-0.2, 0) is 27.3 Å². The first-order valence-electron chi connectivity index (χ1n) is 12.9. The number of ether oxygens (including phenoxy) is 1. The van der Waals surface area contributed by atoms with Crippen molar-refractivity contribution in [3.63, 3.8) is 0 Å². The van der Waals surface area contributed by atoms with E-state index in [1.165, 1.54) is 18.2 Å². The molecule has 0 saturated heterocycles. The van der Waals surface area contributed by atoms with Crippen molar-refractivity contribution in [1.82, 2.24) is 10.6 Å². The van der Waals surface area contributed by atoms with Gasteiger partial charge in [0.15, 0.2) is 0 Å². The van der Waals surface area contributed by atoms with Gasteiger partial charge >= 0.3 is 5.97 Å². The van der Waals surface area contributed by atoms with Gasteiger partial charge in [0.05, 0.1) is 18.2 Å². The van der Waals surface area contributed by atoms with E-state index in [0.29, 0.717) is 18.5 Å². The standard InChI is InChI=1S/C29H37N3O4/c1-4-24(5-2)36-27-17-22(29(34)35)16-25(28(27)31-19(3)33)30-18-20-10-12-23(13-11-20)32-15-14-21-8-6-7-9-26(21)32/h6-13,17,24-25,27-28,30H,4-5,14-16,18H2,1-3H3,(H,31,33)(H,34,35)/t25-,27+,28+/m0/s1. The number of carbonyl (C=O) groups excluding carboxylic acids is 1. The summed E-state index contributed by atoms with van der Waals surface area (Å²) >= 11 is 0. The number of para-hydroxylation sites is 1. The first kappa shape index (κ1) is 25.9. The van der Waals surface area contributed by atoms with E-state index < -0.39 is 12.1 Å². The molecule has 0 radical (unpaired) electrons. The second-order valence-corrected chi connectivity index (χ2v) is 9.65. The fourth-order valence-corrected chi connectivity index (χ4v) is 5.21. The summed E-state index contributed by atoms with van der Waals surface area (Å²) < 4.78 is 6.27. The lowest BCUT2D eigenvalue weighted by Gasteiger charge is -2.38. The molecule has 1 aliphatic heterocycles. The largest absolute Gasteiger partial charge is 0.478 e. The number of benzene rings is 2. The molecule has 0 spiro atoms. The van der Waals surface area contributed by atoms with Crippen molar-refractivity contribution in [2.24, 2.45) is 0 Å². The Bertz CT molecular complexity index is 1090. The number of amides is 1. The first-order valence-corrected chi connectivity index (χ1v) is 12.9. The maximum absolute atomic E-state index is 12.0. The molecule has 1 aliphatic carbocycles. The van der Waals surface area contributed by atoms with Crippen LogP contribution >= 0.6 is 0 Å². The number of fused-ring (bicyclic) bond motifs is 1. The molecule has 3 N–H and O–H groups in total. The molecule has 192 valence electrons. The van der Waals surface area contributed by atoms with Gasteiger partial charge in [-0.25, -0.2) is 4.79 Å². The zero-order valence-corrected chi connectivity index (χ0v) is 21.4. The first-order chi connectivity index (χ1) is 17.4. The van der Waals surface area contributed by atoms with E-state index >= 15 is 0 Å². The Balaban J connectivity index is 1.48. The Kier molecular flexibility index (Phi) is 8.44. The monoisotopic (exact) mass is 491 g/mol. The van der Waals surface area contributed by atoms with Gasteiger partial charge in [0.2, 0.25) is 5.91 Å². The lowest BCUT2D eigenvalue weighted by atomic mass is 9.87. The summed E-state index contributed by atoms with van der Waals surface area (Å²) in [6, 6.07) is 16.4. The predicted molar refractivity (Wildman–Crippen MR) is 141 cm³/mol. The van der Waals surface area contributed by atoms with Crippen molar-refractivity contribution in [2.45, 2.75) is 77.3 Å². The van der Waals surface area contributed by atoms with Gasteiger partial charge in [-0.3, -0.25) is 4.79 Å². The molecule has 0 unspecified atom stereocenters. The Morgan fingerprint density at radius 2 is 1.83 bits per heavy atom. The minimum Gasteiger partial charge on any atom is -0.478 e. The smallest absolute Gasteiger partial charge is 0.331 e. The number of rotatable bonds is 10. The van der Waals surface area contributed by atoms with Crippen LogP contribution in [0.15, 0.2) is 60.2 Å². The summed E-state index contributed by atoms with van der Waals surface area (Å²) in [5.41, 5.74) is 5.20. The number of nitrogens with one attached hydrogen (secondary N) is 2. The highest BCUT2D eigenvalue weighted by molar-refractivity contribution is 5.87. The Morgan fingerprint density at radius 3 is 2.50 bits per heavy atom. The second kappa shape index (κ2) is 11.7. The van der Waals surface area contributed by atoms with Gasteiger partial charge in [0, 0.05) is 43.0 Å². The molecule has 7 heteroatoms. The summed E-state index contributed by atoms with van der Waals surface area (Å²) in [5.74, 6) is -1.11. The molecule has 1 amide bonds. The van der Waals surface area contributed by atoms with E-state index in [-0.39, 0.29) is 24.1 Å². The fourth-order valence-electron chi connectivity index (χ4n) is 5.21. The number of carboxylic acids is 1. The molecule has 2 aromatic rings. The van der Waals surface area contributed by atoms with Crippen LogP contribution < -0.4 is 15.5 Å². The number of hydrogen-bond donors (Lipinski definition) is 3. The zero-order valence-electron chi connectivity index (χ0n) is 21.4. The molecule has 36 heavy (non-hydrogen) atoms. The van der Waals surface area contributed by atoms with Crippen LogP contribution in [0.3, 0.4) is 0 Å². The van der Waals surface area contributed by atoms with E-state index in [9.17, 15) is 14.7 Å². The van der Waals surface area contributed by atoms with Gasteiger partial charge in [-0.1, -0.05) is 44.2 Å². The number of hydrogen-bond acceptors (Lipinski definition) is 5. The lowest BCUT2D eigenvalue weighted by Crippen LogP contribution is -2.58. The molecular formula is C29H37N3O4. The zero-order chi connectivity index (χ0) is 25.7. The number of aliphatic carboxylic acids is 1. The number of carbonyl (C=O) groups is 2. The van der Waals surface area contributed by atoms with Crippen molar-refractivity contribution >= 4 is 23.3 Å². The van der Waals surface area contributed by atoms with E-state index in [4.69, 9.17) is 4.74 Å². The summed E-state index contributed by atoms with van der Waals surface area (Å²) in [6.07, 6.45) is 4.16. The van der Waals surface area contributed by atoms with Crippen LogP contribution in [0.4, 0.5) is 11.4 Å². The Morgan fingerprint density at radius 1 is 1.11 bits per heavy atom. The van der Waals surface area contributed by atoms with Gasteiger partial charge in [-0.2, -0.15) is 0 Å². The Labute approximate surface area is 213 Å². The average molecular weight is 492 g/mol. The molecule has 0 fully saturated rings. The summed E-state index contributed by atoms with van der Waals surface area (Å²) in [4.78, 5) is 26.3. The van der Waals surface area contributed by atoms with Crippen molar-refractivity contribution in [3.8, 4) is 0 Å². The highest BCUT2D eigenvalue weighted by atomic mass is 16.5. The molecule has 0 aromatic heterocycles. The maximum atomic E-state index is 12.0. The quantitative estimate of drug-likeness (QED) is 0.458. The fraction of sp³-hybridized carbons (Fsp3) is 0.448. The number of carboxylic acid groups (broad SMARTS) is 1. The van der Waals surface area contributed by atoms with Gasteiger partial charge in [-0.05, 0) is 61.1 Å². The molecule has 2 aliphatic rings. The van der Waals surface area contributed by atoms with Crippen molar-refractivity contribution in [3.05, 3.63) is 71.3 Å². The van der Waals surface area contributed by atoms with Gasteiger partial charge in [-0.15, -0.1) is 0 Å². The molecule has 0 bridgehead atoms. The van der Waals surface area contributed by atoms with Crippen LogP contribution in [0.25, 0.3) is 0 Å². The molecule has 7 nitrogen and oxygen atoms in total. The van der Waals surface area contributed by atoms with Crippen LogP contribution in [0.2, 0.25) is 0 Å². The second-order valence-electron chi connectivity index (χ2n) is 9.65. The summed E-state index contributed by atoms with van der Waals surface area (Å²) in [7, 11) is 0. The van der Waals surface area contributed by atoms with Crippen molar-refractivity contribution in [1.29, 1.82) is 0 Å². The third kappa shape index (κ3) is 5.97. The van der Waals surface area contributed by atoms with Gasteiger partial charge in [0.25, 0.3) is 0 Å². The van der Waals surface area contributed by atoms with Crippen LogP contribution in [0.5, 0.6) is 0 Å². The number of nitrogens with zero attached hydrogens (tertiary/aromatic N) is 1. The highest BCUT2D eigenvalue weighted by Gasteiger charge is 2.37. The molecular weight excluding hydrogens is 454 g/mol.